The molecule has 0 aromatic heterocycles. The number of hydrogen-bond acceptors (Lipinski definition) is 4. The topological polar surface area (TPSA) is 60.4 Å². The maximum absolute atomic E-state index is 12.3. The van der Waals surface area contributed by atoms with E-state index in [1.54, 1.807) is 0 Å². The van der Waals surface area contributed by atoms with Crippen molar-refractivity contribution in [1.82, 2.24) is 0 Å². The van der Waals surface area contributed by atoms with Crippen LogP contribution in [0.3, 0.4) is 0 Å². The Labute approximate surface area is 142 Å². The molecule has 2 aromatic rings. The Hall–Kier alpha value is -1.27. The van der Waals surface area contributed by atoms with E-state index in [1.807, 2.05) is 0 Å². The summed E-state index contributed by atoms with van der Waals surface area (Å²) in [6, 6.07) is 7.84. The minimum atomic E-state index is -4.16. The molecule has 0 N–H and O–H groups in total. The van der Waals surface area contributed by atoms with Crippen LogP contribution in [0.15, 0.2) is 41.3 Å². The molecule has 0 heterocycles. The lowest BCUT2D eigenvalue weighted by Gasteiger charge is -2.11. The zero-order valence-corrected chi connectivity index (χ0v) is 14.2. The summed E-state index contributed by atoms with van der Waals surface area (Å²) in [5.41, 5.74) is 0.0659. The molecule has 2 rings (SSSR count). The summed E-state index contributed by atoms with van der Waals surface area (Å²) in [5, 5.41) is 0.593. The van der Waals surface area contributed by atoms with Gasteiger partial charge in [-0.25, -0.2) is 0 Å². The van der Waals surface area contributed by atoms with Crippen LogP contribution in [0.4, 0.5) is 0 Å². The predicted molar refractivity (Wildman–Crippen MR) is 85.7 cm³/mol. The van der Waals surface area contributed by atoms with Gasteiger partial charge < -0.3 is 4.18 Å². The zero-order valence-electron chi connectivity index (χ0n) is 11.1. The number of carbonyl (C=O) groups excluding carboxylic acids is 1. The quantitative estimate of drug-likeness (QED) is 0.574. The van der Waals surface area contributed by atoms with Crippen molar-refractivity contribution < 1.29 is 17.4 Å². The molecule has 0 unspecified atom stereocenters. The van der Waals surface area contributed by atoms with Crippen molar-refractivity contribution in [1.29, 1.82) is 0 Å². The Bertz CT molecular complexity index is 847. The van der Waals surface area contributed by atoms with Gasteiger partial charge in [-0.15, -0.1) is 0 Å². The number of halogens is 3. The van der Waals surface area contributed by atoms with E-state index in [0.29, 0.717) is 5.02 Å². The van der Waals surface area contributed by atoms with Gasteiger partial charge in [-0.05, 0) is 43.3 Å². The van der Waals surface area contributed by atoms with Crippen LogP contribution in [0, 0.1) is 0 Å². The molecule has 0 aliphatic heterocycles. The van der Waals surface area contributed by atoms with E-state index in [0.717, 1.165) is 0 Å². The molecule has 0 spiro atoms. The lowest BCUT2D eigenvalue weighted by atomic mass is 10.1. The van der Waals surface area contributed by atoms with Gasteiger partial charge in [-0.2, -0.15) is 8.42 Å². The third kappa shape index (κ3) is 3.73. The molecule has 0 saturated carbocycles. The Morgan fingerprint density at radius 1 is 1.00 bits per heavy atom. The maximum atomic E-state index is 12.3. The number of benzene rings is 2. The summed E-state index contributed by atoms with van der Waals surface area (Å²) in [7, 11) is -4.16. The van der Waals surface area contributed by atoms with Gasteiger partial charge in [0.2, 0.25) is 0 Å². The summed E-state index contributed by atoms with van der Waals surface area (Å²) >= 11 is 17.3. The first kappa shape index (κ1) is 17.1. The monoisotopic (exact) mass is 378 g/mol. The standard InChI is InChI=1S/C14H9Cl3O4S/c1-8(18)11-6-9(15)2-5-14(11)21-22(19,20)10-3-4-12(16)13(17)7-10/h2-7H,1H3. The highest BCUT2D eigenvalue weighted by molar-refractivity contribution is 7.87. The number of rotatable bonds is 4. The van der Waals surface area contributed by atoms with Crippen molar-refractivity contribution in [2.24, 2.45) is 0 Å². The molecule has 8 heteroatoms. The van der Waals surface area contributed by atoms with Gasteiger partial charge in [0.15, 0.2) is 11.5 Å². The second kappa shape index (κ2) is 6.46. The first-order chi connectivity index (χ1) is 10.2. The fourth-order valence-corrected chi connectivity index (χ4v) is 3.16. The van der Waals surface area contributed by atoms with E-state index < -0.39 is 10.1 Å². The lowest BCUT2D eigenvalue weighted by molar-refractivity contribution is 0.101. The smallest absolute Gasteiger partial charge is 0.339 e. The third-order valence-electron chi connectivity index (χ3n) is 2.70. The fourth-order valence-electron chi connectivity index (χ4n) is 1.65. The molecule has 4 nitrogen and oxygen atoms in total. The number of carbonyl (C=O) groups is 1. The van der Waals surface area contributed by atoms with Gasteiger partial charge in [-0.1, -0.05) is 34.8 Å². The molecule has 116 valence electrons. The highest BCUT2D eigenvalue weighted by Crippen LogP contribution is 2.29. The van der Waals surface area contributed by atoms with Crippen molar-refractivity contribution >= 4 is 50.7 Å². The average molecular weight is 380 g/mol. The van der Waals surface area contributed by atoms with Gasteiger partial charge in [0.25, 0.3) is 0 Å². The second-order valence-electron chi connectivity index (χ2n) is 4.31. The van der Waals surface area contributed by atoms with E-state index >= 15 is 0 Å². The van der Waals surface area contributed by atoms with Crippen molar-refractivity contribution in [3.05, 3.63) is 57.0 Å². The van der Waals surface area contributed by atoms with Crippen LogP contribution in [0.5, 0.6) is 5.75 Å². The van der Waals surface area contributed by atoms with Crippen molar-refractivity contribution in [3.63, 3.8) is 0 Å². The summed E-state index contributed by atoms with van der Waals surface area (Å²) in [6.45, 7) is 1.28. The summed E-state index contributed by atoms with van der Waals surface area (Å²) < 4.78 is 29.5. The lowest BCUT2D eigenvalue weighted by Crippen LogP contribution is -2.12. The van der Waals surface area contributed by atoms with Gasteiger partial charge in [0.05, 0.1) is 15.6 Å². The summed E-state index contributed by atoms with van der Waals surface area (Å²) in [6.07, 6.45) is 0. The summed E-state index contributed by atoms with van der Waals surface area (Å²) in [4.78, 5) is 11.4. The highest BCUT2D eigenvalue weighted by Gasteiger charge is 2.21. The van der Waals surface area contributed by atoms with Crippen molar-refractivity contribution in [2.45, 2.75) is 11.8 Å². The van der Waals surface area contributed by atoms with Crippen LogP contribution in [0.2, 0.25) is 15.1 Å². The normalized spacial score (nSPS) is 11.3. The minimum Gasteiger partial charge on any atom is -0.378 e. The molecule has 0 aliphatic rings. The maximum Gasteiger partial charge on any atom is 0.339 e. The fraction of sp³-hybridized carbons (Fsp3) is 0.0714. The van der Waals surface area contributed by atoms with Gasteiger partial charge >= 0.3 is 10.1 Å². The van der Waals surface area contributed by atoms with E-state index in [4.69, 9.17) is 39.0 Å². The molecule has 22 heavy (non-hydrogen) atoms. The Morgan fingerprint density at radius 2 is 1.68 bits per heavy atom. The number of ketones is 1. The van der Waals surface area contributed by atoms with Crippen molar-refractivity contribution in [2.75, 3.05) is 0 Å². The molecule has 0 saturated heterocycles. The van der Waals surface area contributed by atoms with E-state index in [-0.39, 0.29) is 32.0 Å². The molecule has 0 radical (unpaired) electrons. The highest BCUT2D eigenvalue weighted by atomic mass is 35.5. The van der Waals surface area contributed by atoms with Gasteiger partial charge in [0, 0.05) is 5.02 Å². The second-order valence-corrected chi connectivity index (χ2v) is 7.11. The van der Waals surface area contributed by atoms with Crippen molar-refractivity contribution in [3.8, 4) is 5.75 Å². The zero-order chi connectivity index (χ0) is 16.5. The SMILES string of the molecule is CC(=O)c1cc(Cl)ccc1OS(=O)(=O)c1ccc(Cl)c(Cl)c1. The molecule has 0 aliphatic carbocycles. The van der Waals surface area contributed by atoms with Crippen LogP contribution in [-0.2, 0) is 10.1 Å². The molecular weight excluding hydrogens is 371 g/mol. The van der Waals surface area contributed by atoms with Crippen LogP contribution in [0.25, 0.3) is 0 Å². The first-order valence-corrected chi connectivity index (χ1v) is 8.45. The molecule has 0 bridgehead atoms. The van der Waals surface area contributed by atoms with Crippen LogP contribution in [0.1, 0.15) is 17.3 Å². The first-order valence-electron chi connectivity index (χ1n) is 5.91. The number of Topliss-reactive ketones (excluding diaryl/α,β-unsaturated/α-hetero) is 1. The van der Waals surface area contributed by atoms with Gasteiger partial charge in [0.1, 0.15) is 4.90 Å². The molecule has 2 aromatic carbocycles. The third-order valence-corrected chi connectivity index (χ3v) is 4.90. The summed E-state index contributed by atoms with van der Waals surface area (Å²) in [5.74, 6) is -0.482. The van der Waals surface area contributed by atoms with Crippen LogP contribution in [-0.4, -0.2) is 14.2 Å². The van der Waals surface area contributed by atoms with E-state index in [1.165, 1.54) is 43.3 Å². The average Bonchev–Trinajstić information content (AvgIpc) is 2.43. The minimum absolute atomic E-state index is 0.0659. The Morgan fingerprint density at radius 3 is 2.27 bits per heavy atom. The molecule has 0 amide bonds. The predicted octanol–water partition coefficient (Wildman–Crippen LogP) is 4.62. The Balaban J connectivity index is 2.45. The van der Waals surface area contributed by atoms with Gasteiger partial charge in [-0.3, -0.25) is 4.79 Å². The molecular formula is C14H9Cl3O4S. The Kier molecular flexibility index (Phi) is 5.02. The van der Waals surface area contributed by atoms with Crippen LogP contribution < -0.4 is 4.18 Å². The molecule has 0 fully saturated rings. The number of hydrogen-bond donors (Lipinski definition) is 0. The van der Waals surface area contributed by atoms with E-state index in [9.17, 15) is 13.2 Å². The molecule has 0 atom stereocenters. The van der Waals surface area contributed by atoms with E-state index in [2.05, 4.69) is 0 Å². The van der Waals surface area contributed by atoms with Crippen LogP contribution >= 0.6 is 34.8 Å². The largest absolute Gasteiger partial charge is 0.378 e.